The summed E-state index contributed by atoms with van der Waals surface area (Å²) in [4.78, 5) is 19.8. The molecule has 2 fully saturated rings. The average molecular weight is 395 g/mol. The molecule has 2 aromatic heterocycles. The summed E-state index contributed by atoms with van der Waals surface area (Å²) in [6.45, 7) is 3.07. The number of benzene rings is 1. The summed E-state index contributed by atoms with van der Waals surface area (Å²) >= 11 is 6.03. The van der Waals surface area contributed by atoms with Crippen LogP contribution in [-0.4, -0.2) is 39.3 Å². The first kappa shape index (κ1) is 17.7. The molecular weight excluding hydrogens is 372 g/mol. The fourth-order valence-electron chi connectivity index (χ4n) is 4.83. The van der Waals surface area contributed by atoms with Crippen LogP contribution in [0.2, 0.25) is 5.02 Å². The first-order valence-corrected chi connectivity index (χ1v) is 10.2. The molecule has 1 aliphatic carbocycles. The second-order valence-electron chi connectivity index (χ2n) is 8.02. The lowest BCUT2D eigenvalue weighted by atomic mass is 9.91. The number of carbonyl (C=O) groups is 1. The number of piperidine rings is 1. The number of hydrogen-bond acceptors (Lipinski definition) is 3. The summed E-state index contributed by atoms with van der Waals surface area (Å²) in [7, 11) is 0. The first-order valence-electron chi connectivity index (χ1n) is 9.87. The zero-order chi connectivity index (χ0) is 19.1. The molecule has 3 aromatic rings. The van der Waals surface area contributed by atoms with Crippen molar-refractivity contribution in [2.24, 2.45) is 11.8 Å². The van der Waals surface area contributed by atoms with E-state index in [1.165, 1.54) is 18.4 Å². The quantitative estimate of drug-likeness (QED) is 0.735. The van der Waals surface area contributed by atoms with E-state index in [4.69, 9.17) is 11.6 Å². The van der Waals surface area contributed by atoms with Crippen LogP contribution in [0.3, 0.4) is 0 Å². The van der Waals surface area contributed by atoms with E-state index < -0.39 is 0 Å². The number of halogens is 1. The van der Waals surface area contributed by atoms with Gasteiger partial charge in [-0.15, -0.1) is 0 Å². The van der Waals surface area contributed by atoms with E-state index in [1.807, 2.05) is 6.07 Å². The van der Waals surface area contributed by atoms with Gasteiger partial charge in [0.25, 0.3) is 5.91 Å². The number of amides is 1. The fraction of sp³-hybridized carbons (Fsp3) is 0.364. The van der Waals surface area contributed by atoms with Crippen molar-refractivity contribution in [3.63, 3.8) is 0 Å². The number of carbonyl (C=O) groups excluding carboxylic acids is 1. The highest BCUT2D eigenvalue weighted by atomic mass is 35.5. The molecule has 2 bridgehead atoms. The summed E-state index contributed by atoms with van der Waals surface area (Å²) < 4.78 is 1.80. The number of imidazole rings is 1. The summed E-state index contributed by atoms with van der Waals surface area (Å²) in [5.41, 5.74) is 2.54. The molecule has 144 valence electrons. The lowest BCUT2D eigenvalue weighted by Crippen LogP contribution is -2.52. The minimum atomic E-state index is -0.0850. The highest BCUT2D eigenvalue weighted by Crippen LogP contribution is 2.37. The van der Waals surface area contributed by atoms with Crippen molar-refractivity contribution >= 4 is 23.2 Å². The van der Waals surface area contributed by atoms with Gasteiger partial charge in [-0.1, -0.05) is 41.9 Å². The molecule has 1 saturated carbocycles. The maximum atomic E-state index is 12.8. The van der Waals surface area contributed by atoms with Crippen LogP contribution < -0.4 is 5.32 Å². The third-order valence-electron chi connectivity index (χ3n) is 6.10. The minimum absolute atomic E-state index is 0.0850. The molecule has 1 amide bonds. The summed E-state index contributed by atoms with van der Waals surface area (Å²) in [5, 5.41) is 3.91. The molecule has 1 saturated heterocycles. The van der Waals surface area contributed by atoms with Crippen LogP contribution in [0.5, 0.6) is 0 Å². The Morgan fingerprint density at radius 1 is 1.07 bits per heavy atom. The zero-order valence-electron chi connectivity index (χ0n) is 15.6. The molecule has 5 nitrogen and oxygen atoms in total. The number of nitrogens with zero attached hydrogens (tertiary/aromatic N) is 3. The van der Waals surface area contributed by atoms with Crippen LogP contribution in [-0.2, 0) is 6.54 Å². The highest BCUT2D eigenvalue weighted by molar-refractivity contribution is 6.30. The van der Waals surface area contributed by atoms with Crippen molar-refractivity contribution < 1.29 is 4.79 Å². The van der Waals surface area contributed by atoms with Gasteiger partial charge in [0.15, 0.2) is 0 Å². The first-order chi connectivity index (χ1) is 13.7. The fourth-order valence-corrected chi connectivity index (χ4v) is 4.99. The summed E-state index contributed by atoms with van der Waals surface area (Å²) in [6.07, 6.45) is 5.89. The topological polar surface area (TPSA) is 49.6 Å². The Morgan fingerprint density at radius 2 is 1.82 bits per heavy atom. The van der Waals surface area contributed by atoms with Crippen LogP contribution in [0.1, 0.15) is 28.9 Å². The zero-order valence-corrected chi connectivity index (χ0v) is 16.3. The van der Waals surface area contributed by atoms with Crippen LogP contribution in [0.4, 0.5) is 0 Å². The van der Waals surface area contributed by atoms with Crippen molar-refractivity contribution in [1.82, 2.24) is 19.6 Å². The Kier molecular flexibility index (Phi) is 4.57. The van der Waals surface area contributed by atoms with Gasteiger partial charge in [-0.25, -0.2) is 4.98 Å². The van der Waals surface area contributed by atoms with Gasteiger partial charge in [-0.05, 0) is 42.4 Å². The second-order valence-corrected chi connectivity index (χ2v) is 8.45. The van der Waals surface area contributed by atoms with Gasteiger partial charge < -0.3 is 9.72 Å². The van der Waals surface area contributed by atoms with E-state index in [0.717, 1.165) is 25.3 Å². The molecule has 2 aliphatic rings. The molecule has 0 radical (unpaired) electrons. The SMILES string of the molecule is O=C(NC1[C@@H]2CC[C@H]1CN(Cc1ccccc1)C2)c1cn2cc(Cl)ccc2n1. The van der Waals surface area contributed by atoms with Crippen LogP contribution >= 0.6 is 11.6 Å². The van der Waals surface area contributed by atoms with Gasteiger partial charge >= 0.3 is 0 Å². The van der Waals surface area contributed by atoms with Crippen LogP contribution in [0, 0.1) is 11.8 Å². The second kappa shape index (κ2) is 7.22. The standard InChI is InChI=1S/C22H23ClN4O/c23-18-8-9-20-24-19(14-27(20)13-18)22(28)25-21-16-6-7-17(21)12-26(11-16)10-15-4-2-1-3-5-15/h1-5,8-9,13-14,16-17,21H,6-7,10-12H2,(H,25,28)/t16-,17+,21?. The molecule has 3 atom stereocenters. The van der Waals surface area contributed by atoms with E-state index in [0.29, 0.717) is 22.6 Å². The van der Waals surface area contributed by atoms with Gasteiger partial charge in [0.2, 0.25) is 0 Å². The lowest BCUT2D eigenvalue weighted by Gasteiger charge is -2.38. The predicted octanol–water partition coefficient (Wildman–Crippen LogP) is 3.63. The van der Waals surface area contributed by atoms with Gasteiger partial charge in [0, 0.05) is 38.1 Å². The van der Waals surface area contributed by atoms with Crippen molar-refractivity contribution in [1.29, 1.82) is 0 Å². The van der Waals surface area contributed by atoms with E-state index in [2.05, 4.69) is 45.5 Å². The van der Waals surface area contributed by atoms with Gasteiger partial charge in [-0.3, -0.25) is 9.69 Å². The van der Waals surface area contributed by atoms with Crippen molar-refractivity contribution in [2.45, 2.75) is 25.4 Å². The number of likely N-dealkylation sites (tertiary alicyclic amines) is 1. The van der Waals surface area contributed by atoms with E-state index >= 15 is 0 Å². The molecule has 1 N–H and O–H groups in total. The Morgan fingerprint density at radius 3 is 2.57 bits per heavy atom. The molecule has 3 heterocycles. The Balaban J connectivity index is 1.26. The predicted molar refractivity (Wildman–Crippen MR) is 109 cm³/mol. The van der Waals surface area contributed by atoms with Crippen molar-refractivity contribution in [3.05, 3.63) is 71.1 Å². The lowest BCUT2D eigenvalue weighted by molar-refractivity contribution is 0.0821. The van der Waals surface area contributed by atoms with Gasteiger partial charge in [-0.2, -0.15) is 0 Å². The minimum Gasteiger partial charge on any atom is -0.347 e. The number of pyridine rings is 1. The Labute approximate surface area is 169 Å². The summed E-state index contributed by atoms with van der Waals surface area (Å²) in [6, 6.07) is 14.5. The largest absolute Gasteiger partial charge is 0.347 e. The van der Waals surface area contributed by atoms with E-state index in [-0.39, 0.29) is 11.9 Å². The highest BCUT2D eigenvalue weighted by Gasteiger charge is 2.42. The molecule has 5 rings (SSSR count). The number of aromatic nitrogens is 2. The van der Waals surface area contributed by atoms with Crippen molar-refractivity contribution in [3.8, 4) is 0 Å². The molecule has 6 heteroatoms. The maximum absolute atomic E-state index is 12.8. The third-order valence-corrected chi connectivity index (χ3v) is 6.33. The van der Waals surface area contributed by atoms with Gasteiger partial charge in [0.05, 0.1) is 5.02 Å². The molecule has 1 unspecified atom stereocenters. The smallest absolute Gasteiger partial charge is 0.271 e. The number of rotatable bonds is 4. The molecular formula is C22H23ClN4O. The average Bonchev–Trinajstić information content (AvgIpc) is 3.20. The van der Waals surface area contributed by atoms with E-state index in [1.54, 1.807) is 22.9 Å². The van der Waals surface area contributed by atoms with Crippen LogP contribution in [0.25, 0.3) is 5.65 Å². The third kappa shape index (κ3) is 3.40. The number of hydrogen-bond donors (Lipinski definition) is 1. The molecule has 0 spiro atoms. The monoisotopic (exact) mass is 394 g/mol. The molecule has 1 aromatic carbocycles. The van der Waals surface area contributed by atoms with Gasteiger partial charge in [0.1, 0.15) is 11.3 Å². The summed E-state index contributed by atoms with van der Waals surface area (Å²) in [5.74, 6) is 0.939. The Bertz CT molecular complexity index is 988. The number of nitrogens with one attached hydrogen (secondary N) is 1. The van der Waals surface area contributed by atoms with Crippen molar-refractivity contribution in [2.75, 3.05) is 13.1 Å². The molecule has 28 heavy (non-hydrogen) atoms. The van der Waals surface area contributed by atoms with Crippen LogP contribution in [0.15, 0.2) is 54.9 Å². The normalized spacial score (nSPS) is 24.5. The van der Waals surface area contributed by atoms with E-state index in [9.17, 15) is 4.79 Å². The maximum Gasteiger partial charge on any atom is 0.271 e. The Hall–Kier alpha value is -2.37. The molecule has 1 aliphatic heterocycles. The number of fused-ring (bicyclic) bond motifs is 3.